The van der Waals surface area contributed by atoms with Gasteiger partial charge < -0.3 is 15.6 Å². The Balaban J connectivity index is 4.18. The summed E-state index contributed by atoms with van der Waals surface area (Å²) < 4.78 is 28.1. The average Bonchev–Trinajstić information content (AvgIpc) is 2.21. The Hall–Kier alpha value is -1.15. The van der Waals surface area contributed by atoms with Gasteiger partial charge >= 0.3 is 11.9 Å². The van der Waals surface area contributed by atoms with Crippen LogP contribution in [0.2, 0.25) is 0 Å². The lowest BCUT2D eigenvalue weighted by Crippen LogP contribution is -2.33. The van der Waals surface area contributed by atoms with Crippen molar-refractivity contribution < 1.29 is 27.9 Å². The summed E-state index contributed by atoms with van der Waals surface area (Å²) in [4.78, 5) is 21.8. The van der Waals surface area contributed by atoms with Gasteiger partial charge in [0.1, 0.15) is 11.6 Å². The van der Waals surface area contributed by atoms with Crippen LogP contribution in [0.25, 0.3) is 0 Å². The number of carbonyl (C=O) groups is 2. The first-order valence-electron chi connectivity index (χ1n) is 5.83. The van der Waals surface area contributed by atoms with Gasteiger partial charge in [0.25, 0.3) is 0 Å². The summed E-state index contributed by atoms with van der Waals surface area (Å²) in [6.07, 6.45) is -0.423. The van der Waals surface area contributed by atoms with E-state index in [-0.39, 0.29) is 24.3 Å². The molecule has 1 atom stereocenters. The molecule has 19 heavy (non-hydrogen) atoms. The van der Waals surface area contributed by atoms with Gasteiger partial charge in [-0.05, 0) is 27.2 Å². The minimum Gasteiger partial charge on any atom is -0.480 e. The number of ether oxygens (including phenoxy) is 1. The van der Waals surface area contributed by atoms with Crippen molar-refractivity contribution in [2.75, 3.05) is 11.5 Å². The molecule has 0 saturated carbocycles. The highest BCUT2D eigenvalue weighted by Gasteiger charge is 2.21. The predicted molar refractivity (Wildman–Crippen MR) is 69.3 cm³/mol. The second-order valence-corrected chi connectivity index (χ2v) is 7.53. The lowest BCUT2D eigenvalue weighted by Gasteiger charge is -2.19. The normalized spacial score (nSPS) is 13.9. The molecule has 0 aliphatic carbocycles. The van der Waals surface area contributed by atoms with Crippen LogP contribution < -0.4 is 5.73 Å². The average molecular weight is 295 g/mol. The van der Waals surface area contributed by atoms with Crippen LogP contribution >= 0.6 is 0 Å². The molecule has 0 aromatic carbocycles. The van der Waals surface area contributed by atoms with Gasteiger partial charge in [0.15, 0.2) is 9.84 Å². The molecule has 0 aliphatic heterocycles. The van der Waals surface area contributed by atoms with Crippen molar-refractivity contribution in [1.82, 2.24) is 0 Å². The number of carbonyl (C=O) groups excluding carboxylic acids is 1. The standard InChI is InChI=1S/C11H21NO6S/c1-11(2,3)18-9(13)5-7-19(16,17)6-4-8(12)10(14)15/h8H,4-7,12H2,1-3H3,(H,14,15). The van der Waals surface area contributed by atoms with Crippen LogP contribution in [0.1, 0.15) is 33.6 Å². The molecule has 1 unspecified atom stereocenters. The number of carboxylic acid groups (broad SMARTS) is 1. The first-order chi connectivity index (χ1) is 8.43. The summed E-state index contributed by atoms with van der Waals surface area (Å²) in [7, 11) is -3.50. The minimum absolute atomic E-state index is 0.175. The van der Waals surface area contributed by atoms with E-state index in [0.717, 1.165) is 0 Å². The highest BCUT2D eigenvalue weighted by atomic mass is 32.2. The molecular formula is C11H21NO6S. The third-order valence-electron chi connectivity index (χ3n) is 2.09. The van der Waals surface area contributed by atoms with E-state index in [4.69, 9.17) is 15.6 Å². The Kier molecular flexibility index (Phi) is 6.44. The zero-order valence-corrected chi connectivity index (χ0v) is 12.2. The van der Waals surface area contributed by atoms with Crippen LogP contribution in [0.4, 0.5) is 0 Å². The molecule has 0 radical (unpaired) electrons. The van der Waals surface area contributed by atoms with Crippen molar-refractivity contribution in [3.8, 4) is 0 Å². The van der Waals surface area contributed by atoms with Gasteiger partial charge in [-0.2, -0.15) is 0 Å². The molecule has 0 heterocycles. The predicted octanol–water partition coefficient (Wildman–Crippen LogP) is -0.0650. The second-order valence-electron chi connectivity index (χ2n) is 5.22. The third-order valence-corrected chi connectivity index (χ3v) is 3.78. The number of hydrogen-bond donors (Lipinski definition) is 2. The van der Waals surface area contributed by atoms with E-state index in [0.29, 0.717) is 0 Å². The number of hydrogen-bond acceptors (Lipinski definition) is 6. The zero-order chi connectivity index (χ0) is 15.3. The summed E-state index contributed by atoms with van der Waals surface area (Å²) in [5, 5.41) is 8.53. The number of aliphatic carboxylic acids is 1. The Morgan fingerprint density at radius 3 is 2.21 bits per heavy atom. The SMILES string of the molecule is CC(C)(C)OC(=O)CCS(=O)(=O)CCC(N)C(=O)O. The van der Waals surface area contributed by atoms with Crippen molar-refractivity contribution in [1.29, 1.82) is 0 Å². The lowest BCUT2D eigenvalue weighted by atomic mass is 10.2. The fraction of sp³-hybridized carbons (Fsp3) is 0.818. The van der Waals surface area contributed by atoms with Crippen LogP contribution in [0, 0.1) is 0 Å². The number of esters is 1. The summed E-state index contributed by atoms with van der Waals surface area (Å²) in [5.41, 5.74) is 4.55. The molecule has 112 valence electrons. The van der Waals surface area contributed by atoms with Crippen molar-refractivity contribution >= 4 is 21.8 Å². The largest absolute Gasteiger partial charge is 0.480 e. The molecule has 0 bridgehead atoms. The van der Waals surface area contributed by atoms with E-state index in [1.807, 2.05) is 0 Å². The van der Waals surface area contributed by atoms with Crippen LogP contribution in [0.5, 0.6) is 0 Å². The molecule has 3 N–H and O–H groups in total. The Labute approximate surface area is 113 Å². The molecule has 0 fully saturated rings. The van der Waals surface area contributed by atoms with Crippen molar-refractivity contribution in [2.24, 2.45) is 5.73 Å². The third kappa shape index (κ3) is 9.43. The van der Waals surface area contributed by atoms with Gasteiger partial charge in [-0.3, -0.25) is 9.59 Å². The molecule has 7 nitrogen and oxygen atoms in total. The van der Waals surface area contributed by atoms with Crippen LogP contribution in [0.3, 0.4) is 0 Å². The molecule has 0 aliphatic rings. The molecule has 0 rings (SSSR count). The smallest absolute Gasteiger partial charge is 0.320 e. The lowest BCUT2D eigenvalue weighted by molar-refractivity contribution is -0.154. The van der Waals surface area contributed by atoms with Crippen LogP contribution in [-0.4, -0.2) is 48.6 Å². The monoisotopic (exact) mass is 295 g/mol. The molecule has 0 aromatic rings. The van der Waals surface area contributed by atoms with Gasteiger partial charge in [-0.1, -0.05) is 0 Å². The Morgan fingerprint density at radius 1 is 1.26 bits per heavy atom. The van der Waals surface area contributed by atoms with Crippen molar-refractivity contribution in [3.63, 3.8) is 0 Å². The van der Waals surface area contributed by atoms with Crippen molar-refractivity contribution in [3.05, 3.63) is 0 Å². The highest BCUT2D eigenvalue weighted by molar-refractivity contribution is 7.91. The molecule has 0 aromatic heterocycles. The summed E-state index contributed by atoms with van der Waals surface area (Å²) in [6, 6.07) is -1.21. The molecular weight excluding hydrogens is 274 g/mol. The van der Waals surface area contributed by atoms with E-state index < -0.39 is 33.4 Å². The topological polar surface area (TPSA) is 124 Å². The van der Waals surface area contributed by atoms with Gasteiger partial charge in [-0.25, -0.2) is 8.42 Å². The first kappa shape index (κ1) is 17.8. The maximum Gasteiger partial charge on any atom is 0.320 e. The van der Waals surface area contributed by atoms with Crippen LogP contribution in [-0.2, 0) is 24.2 Å². The minimum atomic E-state index is -3.50. The Bertz CT molecular complexity index is 423. The second kappa shape index (κ2) is 6.85. The first-order valence-corrected chi connectivity index (χ1v) is 7.66. The summed E-state index contributed by atoms with van der Waals surface area (Å²) in [5.74, 6) is -2.57. The maximum atomic E-state index is 11.6. The molecule has 8 heteroatoms. The maximum absolute atomic E-state index is 11.6. The fourth-order valence-corrected chi connectivity index (χ4v) is 2.46. The fourth-order valence-electron chi connectivity index (χ4n) is 1.16. The van der Waals surface area contributed by atoms with Gasteiger partial charge in [0, 0.05) is 0 Å². The number of nitrogens with two attached hydrogens (primary N) is 1. The molecule has 0 amide bonds. The summed E-state index contributed by atoms with van der Waals surface area (Å²) >= 11 is 0. The van der Waals surface area contributed by atoms with E-state index in [1.165, 1.54) is 0 Å². The van der Waals surface area contributed by atoms with E-state index >= 15 is 0 Å². The van der Waals surface area contributed by atoms with E-state index in [2.05, 4.69) is 0 Å². The highest BCUT2D eigenvalue weighted by Crippen LogP contribution is 2.09. The number of carboxylic acids is 1. The molecule has 0 saturated heterocycles. The molecule has 0 spiro atoms. The Morgan fingerprint density at radius 2 is 1.79 bits per heavy atom. The van der Waals surface area contributed by atoms with Gasteiger partial charge in [0.05, 0.1) is 17.9 Å². The van der Waals surface area contributed by atoms with Gasteiger partial charge in [-0.15, -0.1) is 0 Å². The number of sulfone groups is 1. The van der Waals surface area contributed by atoms with E-state index in [1.54, 1.807) is 20.8 Å². The zero-order valence-electron chi connectivity index (χ0n) is 11.4. The number of rotatable bonds is 7. The van der Waals surface area contributed by atoms with Crippen molar-refractivity contribution in [2.45, 2.75) is 45.3 Å². The summed E-state index contributed by atoms with van der Waals surface area (Å²) in [6.45, 7) is 5.06. The van der Waals surface area contributed by atoms with Gasteiger partial charge in [0.2, 0.25) is 0 Å². The van der Waals surface area contributed by atoms with E-state index in [9.17, 15) is 18.0 Å². The quantitative estimate of drug-likeness (QED) is 0.630. The van der Waals surface area contributed by atoms with Crippen LogP contribution in [0.15, 0.2) is 0 Å².